The van der Waals surface area contributed by atoms with E-state index in [1.54, 1.807) is 0 Å². The number of hydrogen-bond donors (Lipinski definition) is 0. The third kappa shape index (κ3) is 2.66. The van der Waals surface area contributed by atoms with Crippen molar-refractivity contribution in [2.24, 2.45) is 11.8 Å². The maximum atomic E-state index is 2.82. The monoisotopic (exact) mass is 320 g/mol. The van der Waals surface area contributed by atoms with Crippen LogP contribution in [0.2, 0.25) is 0 Å². The van der Waals surface area contributed by atoms with Gasteiger partial charge in [-0.05, 0) is 47.4 Å². The van der Waals surface area contributed by atoms with Crippen LogP contribution in [-0.4, -0.2) is 42.0 Å². The average Bonchev–Trinajstić information content (AvgIpc) is 3.26. The maximum Gasteiger partial charge on any atom is 0.0240 e. The van der Waals surface area contributed by atoms with Gasteiger partial charge in [-0.2, -0.15) is 0 Å². The Hall–Kier alpha value is -1.38. The first-order chi connectivity index (χ1) is 11.9. The van der Waals surface area contributed by atoms with E-state index in [4.69, 9.17) is 0 Å². The van der Waals surface area contributed by atoms with Crippen LogP contribution < -0.4 is 0 Å². The van der Waals surface area contributed by atoms with E-state index in [2.05, 4.69) is 52.3 Å². The first kappa shape index (κ1) is 14.9. The molecule has 0 spiro atoms. The predicted molar refractivity (Wildman–Crippen MR) is 100 cm³/mol. The molecule has 3 aliphatic rings. The first-order valence-corrected chi connectivity index (χ1v) is 9.80. The zero-order valence-corrected chi connectivity index (χ0v) is 14.5. The first-order valence-electron chi connectivity index (χ1n) is 9.80. The number of hydrogen-bond acceptors (Lipinski definition) is 2. The third-order valence-electron chi connectivity index (χ3n) is 6.85. The Kier molecular flexibility index (Phi) is 3.83. The normalized spacial score (nSPS) is 31.1. The van der Waals surface area contributed by atoms with Crippen molar-refractivity contribution in [2.75, 3.05) is 26.2 Å². The van der Waals surface area contributed by atoms with Gasteiger partial charge in [-0.15, -0.1) is 0 Å². The van der Waals surface area contributed by atoms with Gasteiger partial charge in [0, 0.05) is 38.8 Å². The van der Waals surface area contributed by atoms with Gasteiger partial charge in [0.1, 0.15) is 0 Å². The maximum absolute atomic E-state index is 2.82. The molecule has 2 saturated carbocycles. The van der Waals surface area contributed by atoms with Crippen LogP contribution in [0.3, 0.4) is 0 Å². The molecule has 3 fully saturated rings. The molecule has 1 aliphatic heterocycles. The highest BCUT2D eigenvalue weighted by Crippen LogP contribution is 2.46. The average molecular weight is 320 g/mol. The lowest BCUT2D eigenvalue weighted by atomic mass is 9.93. The lowest BCUT2D eigenvalue weighted by Gasteiger charge is -2.41. The Morgan fingerprint density at radius 3 is 2.46 bits per heavy atom. The molecule has 0 amide bonds. The van der Waals surface area contributed by atoms with Gasteiger partial charge in [0.25, 0.3) is 0 Å². The number of fused-ring (bicyclic) bond motifs is 3. The molecule has 24 heavy (non-hydrogen) atoms. The van der Waals surface area contributed by atoms with Crippen molar-refractivity contribution in [3.8, 4) is 0 Å². The van der Waals surface area contributed by atoms with E-state index >= 15 is 0 Å². The van der Waals surface area contributed by atoms with Gasteiger partial charge in [0.05, 0.1) is 0 Å². The second kappa shape index (κ2) is 6.16. The summed E-state index contributed by atoms with van der Waals surface area (Å²) in [6.07, 6.45) is 6.04. The third-order valence-corrected chi connectivity index (χ3v) is 6.85. The Morgan fingerprint density at radius 1 is 0.833 bits per heavy atom. The summed E-state index contributed by atoms with van der Waals surface area (Å²) in [5.74, 6) is 2.09. The predicted octanol–water partition coefficient (Wildman–Crippen LogP) is 4.15. The summed E-state index contributed by atoms with van der Waals surface area (Å²) in [4.78, 5) is 5.48. The Labute approximate surface area is 145 Å². The molecular formula is C22H28N2. The molecule has 3 atom stereocenters. The molecule has 126 valence electrons. The summed E-state index contributed by atoms with van der Waals surface area (Å²) in [6, 6.07) is 16.5. The molecule has 1 saturated heterocycles. The fourth-order valence-corrected chi connectivity index (χ4v) is 5.58. The van der Waals surface area contributed by atoms with E-state index in [-0.39, 0.29) is 0 Å². The molecule has 5 rings (SSSR count). The second-order valence-corrected chi connectivity index (χ2v) is 8.19. The van der Waals surface area contributed by atoms with Crippen LogP contribution >= 0.6 is 0 Å². The second-order valence-electron chi connectivity index (χ2n) is 8.19. The summed E-state index contributed by atoms with van der Waals surface area (Å²) in [6.45, 7) is 6.12. The van der Waals surface area contributed by atoms with Crippen LogP contribution in [0, 0.1) is 11.8 Å². The molecule has 2 heteroatoms. The van der Waals surface area contributed by atoms with Crippen LogP contribution in [0.5, 0.6) is 0 Å². The molecule has 1 heterocycles. The number of rotatable bonds is 3. The van der Waals surface area contributed by atoms with Crippen molar-refractivity contribution < 1.29 is 0 Å². The number of nitrogens with zero attached hydrogens (tertiary/aromatic N) is 2. The Morgan fingerprint density at radius 2 is 1.67 bits per heavy atom. The van der Waals surface area contributed by atoms with Gasteiger partial charge in [0.15, 0.2) is 0 Å². The lowest BCUT2D eigenvalue weighted by Crippen LogP contribution is -2.51. The minimum atomic E-state index is 0.920. The zero-order valence-electron chi connectivity index (χ0n) is 14.5. The van der Waals surface area contributed by atoms with Gasteiger partial charge < -0.3 is 0 Å². The number of piperazine rings is 1. The molecule has 0 radical (unpaired) electrons. The van der Waals surface area contributed by atoms with Gasteiger partial charge in [-0.25, -0.2) is 0 Å². The van der Waals surface area contributed by atoms with Crippen LogP contribution in [0.15, 0.2) is 42.5 Å². The quantitative estimate of drug-likeness (QED) is 0.838. The number of benzene rings is 2. The Balaban J connectivity index is 1.24. The fraction of sp³-hybridized carbons (Fsp3) is 0.545. The van der Waals surface area contributed by atoms with Crippen molar-refractivity contribution in [3.63, 3.8) is 0 Å². The molecular weight excluding hydrogens is 292 g/mol. The minimum absolute atomic E-state index is 0.920. The fourth-order valence-electron chi connectivity index (χ4n) is 5.58. The van der Waals surface area contributed by atoms with E-state index in [0.717, 1.165) is 24.4 Å². The molecule has 0 N–H and O–H groups in total. The lowest BCUT2D eigenvalue weighted by molar-refractivity contribution is 0.0681. The molecule has 2 bridgehead atoms. The summed E-state index contributed by atoms with van der Waals surface area (Å²) < 4.78 is 0. The summed E-state index contributed by atoms with van der Waals surface area (Å²) in [5, 5.41) is 2.80. The van der Waals surface area contributed by atoms with Crippen LogP contribution in [-0.2, 0) is 6.54 Å². The van der Waals surface area contributed by atoms with E-state index in [1.165, 1.54) is 68.2 Å². The SMILES string of the molecule is c1ccc2c(CN3CCN([C@@H]4C[C@H]5CC[C@@H]4C5)CC3)cccc2c1. The van der Waals surface area contributed by atoms with Crippen molar-refractivity contribution in [2.45, 2.75) is 38.3 Å². The summed E-state index contributed by atoms with van der Waals surface area (Å²) in [7, 11) is 0. The highest BCUT2D eigenvalue weighted by molar-refractivity contribution is 5.85. The Bertz CT molecular complexity index is 711. The van der Waals surface area contributed by atoms with Gasteiger partial charge >= 0.3 is 0 Å². The molecule has 2 aromatic carbocycles. The van der Waals surface area contributed by atoms with Crippen molar-refractivity contribution >= 4 is 10.8 Å². The topological polar surface area (TPSA) is 6.48 Å². The summed E-state index contributed by atoms with van der Waals surface area (Å²) >= 11 is 0. The van der Waals surface area contributed by atoms with Crippen LogP contribution in [0.1, 0.15) is 31.2 Å². The zero-order chi connectivity index (χ0) is 15.9. The molecule has 0 aromatic heterocycles. The molecule has 2 aliphatic carbocycles. The van der Waals surface area contributed by atoms with Crippen molar-refractivity contribution in [1.29, 1.82) is 0 Å². The standard InChI is InChI=1S/C22H28N2/c1-2-7-21-18(4-1)5-3-6-20(21)16-23-10-12-24(13-11-23)22-15-17-8-9-19(22)14-17/h1-7,17,19,22H,8-16H2/t17-,19+,22+/m0/s1. The van der Waals surface area contributed by atoms with Gasteiger partial charge in [0.2, 0.25) is 0 Å². The van der Waals surface area contributed by atoms with E-state index in [9.17, 15) is 0 Å². The van der Waals surface area contributed by atoms with E-state index in [0.29, 0.717) is 0 Å². The van der Waals surface area contributed by atoms with E-state index < -0.39 is 0 Å². The largest absolute Gasteiger partial charge is 0.298 e. The summed E-state index contributed by atoms with van der Waals surface area (Å²) in [5.41, 5.74) is 1.49. The van der Waals surface area contributed by atoms with Crippen molar-refractivity contribution in [3.05, 3.63) is 48.0 Å². The molecule has 2 nitrogen and oxygen atoms in total. The highest BCUT2D eigenvalue weighted by Gasteiger charge is 2.42. The van der Waals surface area contributed by atoms with Crippen LogP contribution in [0.4, 0.5) is 0 Å². The van der Waals surface area contributed by atoms with Gasteiger partial charge in [-0.1, -0.05) is 48.9 Å². The molecule has 2 aromatic rings. The molecule has 0 unspecified atom stereocenters. The highest BCUT2D eigenvalue weighted by atomic mass is 15.3. The minimum Gasteiger partial charge on any atom is -0.298 e. The van der Waals surface area contributed by atoms with Gasteiger partial charge in [-0.3, -0.25) is 9.80 Å². The van der Waals surface area contributed by atoms with E-state index in [1.807, 2.05) is 0 Å². The van der Waals surface area contributed by atoms with Crippen LogP contribution in [0.25, 0.3) is 10.8 Å². The smallest absolute Gasteiger partial charge is 0.0240 e. The van der Waals surface area contributed by atoms with Crippen molar-refractivity contribution in [1.82, 2.24) is 9.80 Å².